The lowest BCUT2D eigenvalue weighted by molar-refractivity contribution is -0.126. The Kier molecular flexibility index (Phi) is 2.29. The lowest BCUT2D eigenvalue weighted by Crippen LogP contribution is -2.35. The molecule has 66 valence electrons. The molecule has 0 saturated carbocycles. The third kappa shape index (κ3) is 1.49. The van der Waals surface area contributed by atoms with E-state index in [9.17, 15) is 9.18 Å². The summed E-state index contributed by atoms with van der Waals surface area (Å²) in [6.07, 6.45) is 0. The molecule has 0 aromatic heterocycles. The number of alkyl halides is 1. The van der Waals surface area contributed by atoms with Crippen LogP contribution in [0.2, 0.25) is 0 Å². The molecule has 0 aliphatic rings. The number of halogens is 1. The van der Waals surface area contributed by atoms with E-state index in [1.807, 2.05) is 0 Å². The normalized spacial score (nSPS) is 14.2. The van der Waals surface area contributed by atoms with Gasteiger partial charge in [-0.2, -0.15) is 5.26 Å². The van der Waals surface area contributed by atoms with Crippen molar-refractivity contribution in [3.05, 3.63) is 35.9 Å². The van der Waals surface area contributed by atoms with Gasteiger partial charge in [-0.25, -0.2) is 4.39 Å². The number of hydrogen-bond donors (Lipinski definition) is 1. The molecular formula is C9H7FN2O. The molecule has 1 aromatic carbocycles. The highest BCUT2D eigenvalue weighted by molar-refractivity contribution is 5.87. The number of nitrogens with two attached hydrogens (primary N) is 1. The summed E-state index contributed by atoms with van der Waals surface area (Å²) in [5, 5.41) is 8.48. The average Bonchev–Trinajstić information content (AvgIpc) is 2.17. The number of amides is 1. The highest BCUT2D eigenvalue weighted by Gasteiger charge is 2.38. The molecule has 0 fully saturated rings. The van der Waals surface area contributed by atoms with Gasteiger partial charge in [-0.05, 0) is 0 Å². The molecule has 0 saturated heterocycles. The number of nitriles is 1. The Bertz CT molecular complexity index is 358. The summed E-state index contributed by atoms with van der Waals surface area (Å²) in [6, 6.07) is 8.65. The summed E-state index contributed by atoms with van der Waals surface area (Å²) < 4.78 is 13.5. The van der Waals surface area contributed by atoms with E-state index in [2.05, 4.69) is 0 Å². The second kappa shape index (κ2) is 3.23. The van der Waals surface area contributed by atoms with Crippen LogP contribution in [0.15, 0.2) is 30.3 Å². The molecule has 0 aliphatic carbocycles. The van der Waals surface area contributed by atoms with E-state index in [0.717, 1.165) is 0 Å². The highest BCUT2D eigenvalue weighted by atomic mass is 19.1. The molecule has 13 heavy (non-hydrogen) atoms. The summed E-state index contributed by atoms with van der Waals surface area (Å²) in [7, 11) is 0. The zero-order valence-electron chi connectivity index (χ0n) is 6.70. The van der Waals surface area contributed by atoms with E-state index in [-0.39, 0.29) is 5.56 Å². The maximum absolute atomic E-state index is 13.5. The Morgan fingerprint density at radius 1 is 1.46 bits per heavy atom. The first-order chi connectivity index (χ1) is 6.11. The zero-order valence-corrected chi connectivity index (χ0v) is 6.70. The third-order valence-corrected chi connectivity index (χ3v) is 1.67. The SMILES string of the molecule is N#C[C@@](F)(C(N)=O)c1ccccc1. The minimum absolute atomic E-state index is 0.0370. The van der Waals surface area contributed by atoms with Crippen LogP contribution in [-0.4, -0.2) is 5.91 Å². The minimum atomic E-state index is -2.72. The molecule has 0 unspecified atom stereocenters. The topological polar surface area (TPSA) is 66.9 Å². The van der Waals surface area contributed by atoms with Crippen LogP contribution in [0.1, 0.15) is 5.56 Å². The Morgan fingerprint density at radius 2 is 2.00 bits per heavy atom. The molecular weight excluding hydrogens is 171 g/mol. The summed E-state index contributed by atoms with van der Waals surface area (Å²) in [6.45, 7) is 0. The van der Waals surface area contributed by atoms with Crippen LogP contribution in [0.5, 0.6) is 0 Å². The molecule has 0 aliphatic heterocycles. The van der Waals surface area contributed by atoms with Gasteiger partial charge in [0.05, 0.1) is 0 Å². The van der Waals surface area contributed by atoms with E-state index >= 15 is 0 Å². The van der Waals surface area contributed by atoms with E-state index in [4.69, 9.17) is 11.0 Å². The van der Waals surface area contributed by atoms with Crippen LogP contribution in [0, 0.1) is 11.3 Å². The van der Waals surface area contributed by atoms with Crippen LogP contribution >= 0.6 is 0 Å². The molecule has 4 heteroatoms. The summed E-state index contributed by atoms with van der Waals surface area (Å²) >= 11 is 0. The van der Waals surface area contributed by atoms with E-state index in [0.29, 0.717) is 0 Å². The highest BCUT2D eigenvalue weighted by Crippen LogP contribution is 2.24. The number of rotatable bonds is 2. The number of hydrogen-bond acceptors (Lipinski definition) is 2. The van der Waals surface area contributed by atoms with Crippen molar-refractivity contribution in [2.45, 2.75) is 5.67 Å². The molecule has 0 heterocycles. The largest absolute Gasteiger partial charge is 0.366 e. The summed E-state index contributed by atoms with van der Waals surface area (Å²) in [5.41, 5.74) is 2.02. The molecule has 1 rings (SSSR count). The first kappa shape index (κ1) is 9.20. The predicted molar refractivity (Wildman–Crippen MR) is 44.0 cm³/mol. The second-order valence-electron chi connectivity index (χ2n) is 2.50. The fraction of sp³-hybridized carbons (Fsp3) is 0.111. The van der Waals surface area contributed by atoms with E-state index in [1.165, 1.54) is 30.3 Å². The van der Waals surface area contributed by atoms with Crippen LogP contribution in [0.25, 0.3) is 0 Å². The summed E-state index contributed by atoms with van der Waals surface area (Å²) in [4.78, 5) is 10.7. The molecule has 0 spiro atoms. The lowest BCUT2D eigenvalue weighted by atomic mass is 9.97. The number of primary amides is 1. The maximum atomic E-state index is 13.5. The van der Waals surface area contributed by atoms with Gasteiger partial charge in [-0.3, -0.25) is 4.79 Å². The Morgan fingerprint density at radius 3 is 2.38 bits per heavy atom. The van der Waals surface area contributed by atoms with Gasteiger partial charge >= 0.3 is 0 Å². The Balaban J connectivity index is 3.21. The van der Waals surface area contributed by atoms with Gasteiger partial charge in [0, 0.05) is 5.56 Å². The maximum Gasteiger partial charge on any atom is 0.297 e. The van der Waals surface area contributed by atoms with Gasteiger partial charge < -0.3 is 5.73 Å². The third-order valence-electron chi connectivity index (χ3n) is 1.67. The Hall–Kier alpha value is -1.89. The van der Waals surface area contributed by atoms with Crippen LogP contribution in [0.4, 0.5) is 4.39 Å². The van der Waals surface area contributed by atoms with Crippen molar-refractivity contribution < 1.29 is 9.18 Å². The van der Waals surface area contributed by atoms with Crippen molar-refractivity contribution in [1.82, 2.24) is 0 Å². The minimum Gasteiger partial charge on any atom is -0.366 e. The lowest BCUT2D eigenvalue weighted by Gasteiger charge is -2.12. The van der Waals surface area contributed by atoms with Gasteiger partial charge in [0.15, 0.2) is 0 Å². The van der Waals surface area contributed by atoms with Gasteiger partial charge in [0.2, 0.25) is 0 Å². The molecule has 1 amide bonds. The summed E-state index contributed by atoms with van der Waals surface area (Å²) in [5.74, 6) is -1.29. The van der Waals surface area contributed by atoms with Gasteiger partial charge in [0.25, 0.3) is 11.6 Å². The van der Waals surface area contributed by atoms with Crippen LogP contribution in [0.3, 0.4) is 0 Å². The quantitative estimate of drug-likeness (QED) is 0.729. The van der Waals surface area contributed by atoms with Gasteiger partial charge in [-0.1, -0.05) is 30.3 Å². The van der Waals surface area contributed by atoms with Crippen LogP contribution in [-0.2, 0) is 10.5 Å². The number of benzene rings is 1. The van der Waals surface area contributed by atoms with E-state index < -0.39 is 11.6 Å². The van der Waals surface area contributed by atoms with Crippen molar-refractivity contribution in [3.63, 3.8) is 0 Å². The van der Waals surface area contributed by atoms with Crippen molar-refractivity contribution in [1.29, 1.82) is 5.26 Å². The molecule has 3 nitrogen and oxygen atoms in total. The predicted octanol–water partition coefficient (Wildman–Crippen LogP) is 0.860. The molecule has 1 atom stereocenters. The first-order valence-corrected chi connectivity index (χ1v) is 3.57. The number of carbonyl (C=O) groups excluding carboxylic acids is 1. The van der Waals surface area contributed by atoms with Crippen molar-refractivity contribution in [3.8, 4) is 6.07 Å². The molecule has 2 N–H and O–H groups in total. The average molecular weight is 178 g/mol. The van der Waals surface area contributed by atoms with Crippen molar-refractivity contribution >= 4 is 5.91 Å². The van der Waals surface area contributed by atoms with Crippen molar-refractivity contribution in [2.24, 2.45) is 5.73 Å². The molecule has 1 aromatic rings. The van der Waals surface area contributed by atoms with E-state index in [1.54, 1.807) is 6.07 Å². The van der Waals surface area contributed by atoms with Crippen LogP contribution < -0.4 is 5.73 Å². The van der Waals surface area contributed by atoms with Gasteiger partial charge in [-0.15, -0.1) is 0 Å². The molecule has 0 bridgehead atoms. The van der Waals surface area contributed by atoms with Crippen molar-refractivity contribution in [2.75, 3.05) is 0 Å². The first-order valence-electron chi connectivity index (χ1n) is 3.57. The second-order valence-corrected chi connectivity index (χ2v) is 2.50. The number of carbonyl (C=O) groups is 1. The van der Waals surface area contributed by atoms with Gasteiger partial charge in [0.1, 0.15) is 6.07 Å². The fourth-order valence-electron chi connectivity index (χ4n) is 0.930. The smallest absolute Gasteiger partial charge is 0.297 e. The monoisotopic (exact) mass is 178 g/mol. The fourth-order valence-corrected chi connectivity index (χ4v) is 0.930. The standard InChI is InChI=1S/C9H7FN2O/c10-9(6-11,8(12)13)7-4-2-1-3-5-7/h1-5H,(H2,12,13)/t9-/m0/s1. The Labute approximate surface area is 74.6 Å². The molecule has 0 radical (unpaired) electrons. The zero-order chi connectivity index (χ0) is 9.90. The number of nitrogens with zero attached hydrogens (tertiary/aromatic N) is 1.